The summed E-state index contributed by atoms with van der Waals surface area (Å²) in [7, 11) is 4.61. The monoisotopic (exact) mass is 432 g/mol. The Hall–Kier alpha value is -2.49. The molecule has 0 aliphatic carbocycles. The van der Waals surface area contributed by atoms with Gasteiger partial charge >= 0.3 is 167 Å². The van der Waals surface area contributed by atoms with Crippen molar-refractivity contribution >= 4 is 31.5 Å². The van der Waals surface area contributed by atoms with Gasteiger partial charge in [-0.25, -0.2) is 0 Å². The molecule has 0 aliphatic heterocycles. The average molecular weight is 431 g/mol. The quantitative estimate of drug-likeness (QED) is 0.263. The van der Waals surface area contributed by atoms with Crippen LogP contribution in [0.2, 0.25) is 5.32 Å². The second-order valence-electron chi connectivity index (χ2n) is 5.60. The summed E-state index contributed by atoms with van der Waals surface area (Å²) in [6.07, 6.45) is 6.21. The van der Waals surface area contributed by atoms with Crippen LogP contribution in [0.1, 0.15) is 12.0 Å². The van der Waals surface area contributed by atoms with Crippen LogP contribution in [0.15, 0.2) is 66.3 Å². The predicted molar refractivity (Wildman–Crippen MR) is 110 cm³/mol. The van der Waals surface area contributed by atoms with Crippen LogP contribution in [0.25, 0.3) is 6.08 Å². The Kier molecular flexibility index (Phi) is 8.69. The molecule has 0 saturated carbocycles. The summed E-state index contributed by atoms with van der Waals surface area (Å²) in [6.45, 7) is 0. The molecule has 0 aliphatic rings. The van der Waals surface area contributed by atoms with Crippen LogP contribution in [-0.4, -0.2) is 42.3 Å². The van der Waals surface area contributed by atoms with E-state index in [0.717, 1.165) is 22.9 Å². The molecule has 0 N–H and O–H groups in total. The average Bonchev–Trinajstić information content (AvgIpc) is 2.72. The number of carbonyl (C=O) groups excluding carboxylic acids is 1. The van der Waals surface area contributed by atoms with Gasteiger partial charge in [-0.3, -0.25) is 0 Å². The van der Waals surface area contributed by atoms with Crippen molar-refractivity contribution in [3.05, 3.63) is 71.8 Å². The van der Waals surface area contributed by atoms with Gasteiger partial charge in [-0.05, 0) is 0 Å². The van der Waals surface area contributed by atoms with Gasteiger partial charge in [-0.15, -0.1) is 0 Å². The van der Waals surface area contributed by atoms with Gasteiger partial charge in [0.05, 0.1) is 0 Å². The standard InChI is InChI=1S/C22H24O4Se/c1-24-20-11-9-18(16-21(20)25-2)15-17(10-12-22(23)26-3)13-14-27-19-7-5-4-6-8-19/h4-12,15-16H,13-14H2,1-3H3/b12-10+,17-15-. The van der Waals surface area contributed by atoms with E-state index in [0.29, 0.717) is 26.5 Å². The molecule has 5 heteroatoms. The zero-order chi connectivity index (χ0) is 19.5. The van der Waals surface area contributed by atoms with E-state index in [-0.39, 0.29) is 5.97 Å². The summed E-state index contributed by atoms with van der Waals surface area (Å²) in [6, 6.07) is 16.2. The number of rotatable bonds is 9. The summed E-state index contributed by atoms with van der Waals surface area (Å²) >= 11 is 0.386. The number of hydrogen-bond acceptors (Lipinski definition) is 4. The van der Waals surface area contributed by atoms with Gasteiger partial charge in [-0.2, -0.15) is 0 Å². The number of carbonyl (C=O) groups is 1. The van der Waals surface area contributed by atoms with Crippen molar-refractivity contribution in [2.45, 2.75) is 11.7 Å². The van der Waals surface area contributed by atoms with E-state index in [9.17, 15) is 4.79 Å². The molecular weight excluding hydrogens is 407 g/mol. The van der Waals surface area contributed by atoms with Crippen LogP contribution in [0, 0.1) is 0 Å². The Morgan fingerprint density at radius 1 is 0.963 bits per heavy atom. The van der Waals surface area contributed by atoms with Crippen LogP contribution >= 0.6 is 0 Å². The van der Waals surface area contributed by atoms with Gasteiger partial charge in [-0.1, -0.05) is 0 Å². The first-order chi connectivity index (χ1) is 13.2. The van der Waals surface area contributed by atoms with Gasteiger partial charge in [0.25, 0.3) is 0 Å². The van der Waals surface area contributed by atoms with Gasteiger partial charge in [0.2, 0.25) is 0 Å². The van der Waals surface area contributed by atoms with Gasteiger partial charge < -0.3 is 0 Å². The SMILES string of the molecule is COC(=O)/C=C/C(=C/c1ccc(OC)c(OC)c1)CC[Se]c1ccccc1. The third-order valence-corrected chi connectivity index (χ3v) is 5.92. The minimum atomic E-state index is -0.359. The van der Waals surface area contributed by atoms with Crippen LogP contribution in [0.3, 0.4) is 0 Å². The fraction of sp³-hybridized carbons (Fsp3) is 0.227. The third-order valence-electron chi connectivity index (χ3n) is 3.80. The first-order valence-electron chi connectivity index (χ1n) is 8.52. The van der Waals surface area contributed by atoms with Gasteiger partial charge in [0.15, 0.2) is 0 Å². The van der Waals surface area contributed by atoms with E-state index in [1.54, 1.807) is 14.2 Å². The van der Waals surface area contributed by atoms with E-state index < -0.39 is 0 Å². The summed E-state index contributed by atoms with van der Waals surface area (Å²) in [4.78, 5) is 11.5. The number of benzene rings is 2. The first kappa shape index (κ1) is 20.8. The fourth-order valence-electron chi connectivity index (χ4n) is 2.41. The van der Waals surface area contributed by atoms with Crippen LogP contribution < -0.4 is 13.9 Å². The molecule has 27 heavy (non-hydrogen) atoms. The molecule has 0 bridgehead atoms. The number of hydrogen-bond donors (Lipinski definition) is 0. The maximum atomic E-state index is 11.5. The Morgan fingerprint density at radius 3 is 2.37 bits per heavy atom. The van der Waals surface area contributed by atoms with E-state index in [1.165, 1.54) is 17.6 Å². The zero-order valence-electron chi connectivity index (χ0n) is 15.8. The molecule has 2 aromatic rings. The second kappa shape index (κ2) is 11.3. The topological polar surface area (TPSA) is 44.8 Å². The number of methoxy groups -OCH3 is 3. The molecule has 0 radical (unpaired) electrons. The summed E-state index contributed by atoms with van der Waals surface area (Å²) in [5, 5.41) is 1.04. The van der Waals surface area contributed by atoms with Crippen molar-refractivity contribution in [2.24, 2.45) is 0 Å². The fourth-order valence-corrected chi connectivity index (χ4v) is 4.34. The van der Waals surface area contributed by atoms with E-state index >= 15 is 0 Å². The van der Waals surface area contributed by atoms with Crippen molar-refractivity contribution in [3.63, 3.8) is 0 Å². The molecular formula is C22H24O4Se. The second-order valence-corrected chi connectivity index (χ2v) is 8.05. The molecule has 0 unspecified atom stereocenters. The van der Waals surface area contributed by atoms with Crippen molar-refractivity contribution in [2.75, 3.05) is 21.3 Å². The van der Waals surface area contributed by atoms with Crippen molar-refractivity contribution in [1.29, 1.82) is 0 Å². The minimum absolute atomic E-state index is 0.359. The molecule has 0 fully saturated rings. The van der Waals surface area contributed by atoms with Crippen molar-refractivity contribution in [3.8, 4) is 11.5 Å². The molecule has 142 valence electrons. The summed E-state index contributed by atoms with van der Waals surface area (Å²) < 4.78 is 16.7. The van der Waals surface area contributed by atoms with Crippen LogP contribution in [0.5, 0.6) is 11.5 Å². The summed E-state index contributed by atoms with van der Waals surface area (Å²) in [5.41, 5.74) is 2.05. The Morgan fingerprint density at radius 2 is 1.70 bits per heavy atom. The molecule has 2 rings (SSSR count). The van der Waals surface area contributed by atoms with Gasteiger partial charge in [0, 0.05) is 0 Å². The Labute approximate surface area is 167 Å². The number of esters is 1. The maximum absolute atomic E-state index is 11.5. The van der Waals surface area contributed by atoms with Crippen molar-refractivity contribution < 1.29 is 19.0 Å². The molecule has 4 nitrogen and oxygen atoms in total. The Bertz CT molecular complexity index is 797. The van der Waals surface area contributed by atoms with Crippen molar-refractivity contribution in [1.82, 2.24) is 0 Å². The molecule has 0 atom stereocenters. The molecule has 0 heterocycles. The van der Waals surface area contributed by atoms with E-state index in [1.807, 2.05) is 30.3 Å². The number of allylic oxidation sites excluding steroid dienone is 2. The molecule has 0 spiro atoms. The zero-order valence-corrected chi connectivity index (χ0v) is 17.5. The Balaban J connectivity index is 2.16. The third kappa shape index (κ3) is 6.97. The molecule has 0 aromatic heterocycles. The molecule has 0 amide bonds. The first-order valence-corrected chi connectivity index (χ1v) is 10.6. The van der Waals surface area contributed by atoms with Crippen LogP contribution in [-0.2, 0) is 9.53 Å². The molecule has 2 aromatic carbocycles. The normalized spacial score (nSPS) is 11.4. The summed E-state index contributed by atoms with van der Waals surface area (Å²) in [5.74, 6) is 1.01. The van der Waals surface area contributed by atoms with E-state index in [2.05, 4.69) is 30.3 Å². The molecule has 0 saturated heterocycles. The van der Waals surface area contributed by atoms with E-state index in [4.69, 9.17) is 14.2 Å². The van der Waals surface area contributed by atoms with Gasteiger partial charge in [0.1, 0.15) is 0 Å². The predicted octanol–water partition coefficient (Wildman–Crippen LogP) is 3.65. The van der Waals surface area contributed by atoms with Crippen LogP contribution in [0.4, 0.5) is 0 Å². The number of ether oxygens (including phenoxy) is 3.